The number of aryl methyl sites for hydroxylation is 1. The van der Waals surface area contributed by atoms with Crippen LogP contribution in [-0.2, 0) is 6.42 Å². The Morgan fingerprint density at radius 3 is 2.53 bits per heavy atom. The lowest BCUT2D eigenvalue weighted by atomic mass is 9.86. The van der Waals surface area contributed by atoms with Crippen LogP contribution in [0.15, 0.2) is 24.3 Å². The topological polar surface area (TPSA) is 0 Å². The molecule has 2 unspecified atom stereocenters. The van der Waals surface area contributed by atoms with E-state index >= 15 is 0 Å². The summed E-state index contributed by atoms with van der Waals surface area (Å²) in [6.45, 7) is 6.82. The van der Waals surface area contributed by atoms with Gasteiger partial charge in [-0.2, -0.15) is 0 Å². The highest BCUT2D eigenvalue weighted by molar-refractivity contribution is 9.09. The normalized spacial score (nSPS) is 14.3. The maximum absolute atomic E-state index is 3.72. The Morgan fingerprint density at radius 1 is 1.16 bits per heavy atom. The molecular weight excluding hydrogens is 296 g/mol. The molecule has 0 fully saturated rings. The first-order valence-corrected chi connectivity index (χ1v) is 8.93. The van der Waals surface area contributed by atoms with Gasteiger partial charge in [-0.1, -0.05) is 85.3 Å². The van der Waals surface area contributed by atoms with E-state index in [2.05, 4.69) is 61.0 Å². The van der Waals surface area contributed by atoms with Gasteiger partial charge in [0.05, 0.1) is 0 Å². The third kappa shape index (κ3) is 6.61. The quantitative estimate of drug-likeness (QED) is 0.477. The van der Waals surface area contributed by atoms with E-state index < -0.39 is 0 Å². The molecule has 1 aromatic rings. The maximum atomic E-state index is 3.72. The SMILES string of the molecule is CCCCC(CC)CC(CBr)Cc1cccc(C)c1. The van der Waals surface area contributed by atoms with Crippen molar-refractivity contribution in [3.63, 3.8) is 0 Å². The van der Waals surface area contributed by atoms with E-state index in [9.17, 15) is 0 Å². The van der Waals surface area contributed by atoms with Crippen molar-refractivity contribution in [3.05, 3.63) is 35.4 Å². The molecule has 0 nitrogen and oxygen atoms in total. The number of unbranched alkanes of at least 4 members (excludes halogenated alkanes) is 1. The average Bonchev–Trinajstić information content (AvgIpc) is 2.42. The van der Waals surface area contributed by atoms with Gasteiger partial charge in [-0.3, -0.25) is 0 Å². The predicted molar refractivity (Wildman–Crippen MR) is 90.1 cm³/mol. The molecule has 0 saturated carbocycles. The zero-order valence-corrected chi connectivity index (χ0v) is 14.4. The predicted octanol–water partition coefficient (Wildman–Crippen LogP) is 6.16. The molecule has 1 rings (SSSR count). The Labute approximate surface area is 128 Å². The first-order valence-electron chi connectivity index (χ1n) is 7.81. The average molecular weight is 325 g/mol. The van der Waals surface area contributed by atoms with Crippen LogP contribution in [-0.4, -0.2) is 5.33 Å². The Hall–Kier alpha value is -0.300. The van der Waals surface area contributed by atoms with Gasteiger partial charge in [-0.15, -0.1) is 0 Å². The molecule has 0 bridgehead atoms. The summed E-state index contributed by atoms with van der Waals surface area (Å²) in [4.78, 5) is 0. The highest BCUT2D eigenvalue weighted by Gasteiger charge is 2.15. The van der Waals surface area contributed by atoms with Crippen LogP contribution in [0.3, 0.4) is 0 Å². The minimum atomic E-state index is 0.781. The fourth-order valence-electron chi connectivity index (χ4n) is 2.83. The molecule has 0 heterocycles. The van der Waals surface area contributed by atoms with Gasteiger partial charge in [0, 0.05) is 5.33 Å². The van der Waals surface area contributed by atoms with Gasteiger partial charge in [0.2, 0.25) is 0 Å². The summed E-state index contributed by atoms with van der Waals surface area (Å²) in [5.41, 5.74) is 2.87. The van der Waals surface area contributed by atoms with Crippen molar-refractivity contribution in [2.45, 2.75) is 59.3 Å². The number of alkyl halides is 1. The van der Waals surface area contributed by atoms with Crippen LogP contribution in [0.25, 0.3) is 0 Å². The zero-order valence-electron chi connectivity index (χ0n) is 12.8. The van der Waals surface area contributed by atoms with E-state index in [1.807, 2.05) is 0 Å². The second-order valence-corrected chi connectivity index (χ2v) is 6.51. The molecule has 1 heteroatoms. The molecule has 0 radical (unpaired) electrons. The zero-order chi connectivity index (χ0) is 14.1. The minimum absolute atomic E-state index is 0.781. The van der Waals surface area contributed by atoms with Crippen LogP contribution in [0.2, 0.25) is 0 Å². The summed E-state index contributed by atoms with van der Waals surface area (Å²) >= 11 is 3.72. The largest absolute Gasteiger partial charge is 0.0925 e. The van der Waals surface area contributed by atoms with Gasteiger partial charge < -0.3 is 0 Å². The Balaban J connectivity index is 2.52. The van der Waals surface area contributed by atoms with Crippen LogP contribution in [0.4, 0.5) is 0 Å². The number of rotatable bonds is 9. The van der Waals surface area contributed by atoms with Crippen molar-refractivity contribution in [1.29, 1.82) is 0 Å². The van der Waals surface area contributed by atoms with Crippen LogP contribution < -0.4 is 0 Å². The molecule has 2 atom stereocenters. The van der Waals surface area contributed by atoms with Gasteiger partial charge in [0.15, 0.2) is 0 Å². The highest BCUT2D eigenvalue weighted by atomic mass is 79.9. The lowest BCUT2D eigenvalue weighted by Gasteiger charge is -2.21. The van der Waals surface area contributed by atoms with E-state index in [4.69, 9.17) is 0 Å². The molecule has 1 aromatic carbocycles. The first kappa shape index (κ1) is 16.8. The third-order valence-electron chi connectivity index (χ3n) is 4.04. The molecule has 0 amide bonds. The third-order valence-corrected chi connectivity index (χ3v) is 4.95. The summed E-state index contributed by atoms with van der Waals surface area (Å²) < 4.78 is 0. The van der Waals surface area contributed by atoms with Crippen molar-refractivity contribution >= 4 is 15.9 Å². The minimum Gasteiger partial charge on any atom is -0.0925 e. The van der Waals surface area contributed by atoms with Gasteiger partial charge in [-0.25, -0.2) is 0 Å². The second kappa shape index (κ2) is 9.58. The highest BCUT2D eigenvalue weighted by Crippen LogP contribution is 2.25. The van der Waals surface area contributed by atoms with Gasteiger partial charge >= 0.3 is 0 Å². The van der Waals surface area contributed by atoms with Gasteiger partial charge in [-0.05, 0) is 37.2 Å². The molecule has 0 aliphatic heterocycles. The monoisotopic (exact) mass is 324 g/mol. The van der Waals surface area contributed by atoms with E-state index in [1.54, 1.807) is 0 Å². The van der Waals surface area contributed by atoms with Crippen molar-refractivity contribution in [2.75, 3.05) is 5.33 Å². The van der Waals surface area contributed by atoms with Gasteiger partial charge in [0.1, 0.15) is 0 Å². The summed E-state index contributed by atoms with van der Waals surface area (Å²) in [6, 6.07) is 8.98. The fraction of sp³-hybridized carbons (Fsp3) is 0.667. The molecule has 0 aliphatic carbocycles. The fourth-order valence-corrected chi connectivity index (χ4v) is 3.32. The van der Waals surface area contributed by atoms with E-state index in [0.29, 0.717) is 0 Å². The van der Waals surface area contributed by atoms with Gasteiger partial charge in [0.25, 0.3) is 0 Å². The van der Waals surface area contributed by atoms with E-state index in [1.165, 1.54) is 49.7 Å². The maximum Gasteiger partial charge on any atom is 0.00629 e. The molecule has 0 spiro atoms. The molecule has 0 saturated heterocycles. The number of hydrogen-bond acceptors (Lipinski definition) is 0. The Morgan fingerprint density at radius 2 is 1.95 bits per heavy atom. The lowest BCUT2D eigenvalue weighted by molar-refractivity contribution is 0.355. The standard InChI is InChI=1S/C18H29Br/c1-4-6-9-16(5-2)12-18(14-19)13-17-10-7-8-15(3)11-17/h7-8,10-11,16,18H,4-6,9,12-14H2,1-3H3. The molecule has 19 heavy (non-hydrogen) atoms. The van der Waals surface area contributed by atoms with Crippen molar-refractivity contribution < 1.29 is 0 Å². The summed E-state index contributed by atoms with van der Waals surface area (Å²) in [7, 11) is 0. The summed E-state index contributed by atoms with van der Waals surface area (Å²) in [5.74, 6) is 1.69. The van der Waals surface area contributed by atoms with Crippen molar-refractivity contribution in [2.24, 2.45) is 11.8 Å². The first-order chi connectivity index (χ1) is 9.19. The van der Waals surface area contributed by atoms with Crippen LogP contribution in [0.5, 0.6) is 0 Å². The molecule has 0 aliphatic rings. The number of benzene rings is 1. The molecule has 0 aromatic heterocycles. The number of halogens is 1. The van der Waals surface area contributed by atoms with Crippen molar-refractivity contribution in [3.8, 4) is 0 Å². The van der Waals surface area contributed by atoms with E-state index in [-0.39, 0.29) is 0 Å². The van der Waals surface area contributed by atoms with Crippen LogP contribution in [0, 0.1) is 18.8 Å². The van der Waals surface area contributed by atoms with Crippen LogP contribution in [0.1, 0.15) is 57.1 Å². The molecular formula is C18H29Br. The van der Waals surface area contributed by atoms with Crippen LogP contribution >= 0.6 is 15.9 Å². The Kier molecular flexibility index (Phi) is 8.45. The number of hydrogen-bond donors (Lipinski definition) is 0. The van der Waals surface area contributed by atoms with E-state index in [0.717, 1.165) is 17.2 Å². The molecule has 108 valence electrons. The Bertz CT molecular complexity index is 345. The summed E-state index contributed by atoms with van der Waals surface area (Å²) in [6.07, 6.45) is 8.04. The smallest absolute Gasteiger partial charge is 0.00629 e. The molecule has 0 N–H and O–H groups in total. The summed E-state index contributed by atoms with van der Waals surface area (Å²) in [5, 5.41) is 1.13. The second-order valence-electron chi connectivity index (χ2n) is 5.87. The van der Waals surface area contributed by atoms with Crippen molar-refractivity contribution in [1.82, 2.24) is 0 Å². The lowest BCUT2D eigenvalue weighted by Crippen LogP contribution is -2.13.